The minimum absolute atomic E-state index is 0.503. The molecule has 0 aliphatic carbocycles. The summed E-state index contributed by atoms with van der Waals surface area (Å²) in [4.78, 5) is 9.28. The molecule has 3 nitrogen and oxygen atoms in total. The molecule has 5 heteroatoms. The van der Waals surface area contributed by atoms with Crippen molar-refractivity contribution in [1.29, 1.82) is 0 Å². The molecule has 0 bridgehead atoms. The zero-order chi connectivity index (χ0) is 18.8. The molecule has 136 valence electrons. The van der Waals surface area contributed by atoms with Gasteiger partial charge in [0.05, 0.1) is 5.39 Å². The van der Waals surface area contributed by atoms with Gasteiger partial charge in [0.15, 0.2) is 0 Å². The summed E-state index contributed by atoms with van der Waals surface area (Å²) in [5.41, 5.74) is 4.37. The molecule has 0 N–H and O–H groups in total. The highest BCUT2D eigenvalue weighted by molar-refractivity contribution is 9.10. The molecule has 0 saturated heterocycles. The van der Waals surface area contributed by atoms with Crippen molar-refractivity contribution in [3.05, 3.63) is 71.6 Å². The van der Waals surface area contributed by atoms with Gasteiger partial charge in [0.25, 0.3) is 0 Å². The molecule has 4 rings (SSSR count). The highest BCUT2D eigenvalue weighted by Gasteiger charge is 2.18. The number of hydrogen-bond acceptors (Lipinski definition) is 3. The van der Waals surface area contributed by atoms with Gasteiger partial charge in [-0.3, -0.25) is 0 Å². The van der Waals surface area contributed by atoms with Gasteiger partial charge in [-0.15, -0.1) is 11.8 Å². The van der Waals surface area contributed by atoms with E-state index in [1.807, 2.05) is 17.8 Å². The number of benzene rings is 2. The first-order valence-electron chi connectivity index (χ1n) is 9.01. The van der Waals surface area contributed by atoms with Gasteiger partial charge >= 0.3 is 0 Å². The summed E-state index contributed by atoms with van der Waals surface area (Å²) in [6, 6.07) is 18.8. The normalized spacial score (nSPS) is 12.4. The maximum Gasteiger partial charge on any atom is 0.149 e. The number of hydrogen-bond donors (Lipinski definition) is 0. The average molecular weight is 438 g/mol. The predicted octanol–water partition coefficient (Wildman–Crippen LogP) is 6.74. The van der Waals surface area contributed by atoms with Crippen molar-refractivity contribution in [2.24, 2.45) is 0 Å². The third-order valence-electron chi connectivity index (χ3n) is 4.63. The topological polar surface area (TPSA) is 30.7 Å². The van der Waals surface area contributed by atoms with E-state index in [0.717, 1.165) is 32.6 Å². The smallest absolute Gasteiger partial charge is 0.149 e. The molecule has 0 aliphatic heterocycles. The lowest BCUT2D eigenvalue weighted by molar-refractivity contribution is 0.901. The number of fused-ring (bicyclic) bond motifs is 1. The Balaban J connectivity index is 1.98. The molecule has 2 heterocycles. The van der Waals surface area contributed by atoms with Crippen LogP contribution in [0.25, 0.3) is 27.8 Å². The van der Waals surface area contributed by atoms with Crippen molar-refractivity contribution in [2.45, 2.75) is 30.5 Å². The molecule has 1 unspecified atom stereocenters. The van der Waals surface area contributed by atoms with E-state index in [9.17, 15) is 0 Å². The van der Waals surface area contributed by atoms with E-state index in [-0.39, 0.29) is 0 Å². The van der Waals surface area contributed by atoms with Gasteiger partial charge in [0.1, 0.15) is 17.0 Å². The maximum atomic E-state index is 4.65. The molecule has 0 saturated carbocycles. The first kappa shape index (κ1) is 18.3. The molecule has 0 radical (unpaired) electrons. The molecule has 0 spiro atoms. The summed E-state index contributed by atoms with van der Waals surface area (Å²) in [5.74, 6) is 0. The minimum Gasteiger partial charge on any atom is -0.301 e. The average Bonchev–Trinajstić information content (AvgIpc) is 3.10. The van der Waals surface area contributed by atoms with Gasteiger partial charge in [-0.2, -0.15) is 0 Å². The molecule has 27 heavy (non-hydrogen) atoms. The third-order valence-corrected chi connectivity index (χ3v) is 6.42. The summed E-state index contributed by atoms with van der Waals surface area (Å²) in [6.07, 6.45) is 4.96. The van der Waals surface area contributed by atoms with Crippen LogP contribution in [0, 0.1) is 0 Å². The van der Waals surface area contributed by atoms with Crippen molar-refractivity contribution >= 4 is 38.7 Å². The molecule has 0 amide bonds. The fourth-order valence-corrected chi connectivity index (χ4v) is 4.27. The summed E-state index contributed by atoms with van der Waals surface area (Å²) in [7, 11) is 0. The second-order valence-corrected chi connectivity index (χ2v) is 8.81. The first-order chi connectivity index (χ1) is 13.2. The Morgan fingerprint density at radius 2 is 1.78 bits per heavy atom. The highest BCUT2D eigenvalue weighted by atomic mass is 79.9. The Bertz CT molecular complexity index is 1060. The number of nitrogens with zero attached hydrogens (tertiary/aromatic N) is 3. The van der Waals surface area contributed by atoms with Crippen molar-refractivity contribution in [3.63, 3.8) is 0 Å². The van der Waals surface area contributed by atoms with Crippen LogP contribution >= 0.6 is 27.7 Å². The van der Waals surface area contributed by atoms with Crippen LogP contribution in [0.3, 0.4) is 0 Å². The van der Waals surface area contributed by atoms with E-state index in [1.165, 1.54) is 11.1 Å². The molecular formula is C22H20BrN3S. The van der Waals surface area contributed by atoms with Crippen LogP contribution in [0.4, 0.5) is 0 Å². The van der Waals surface area contributed by atoms with E-state index in [2.05, 4.69) is 99.0 Å². The fourth-order valence-electron chi connectivity index (χ4n) is 3.03. The molecule has 2 aromatic heterocycles. The fraction of sp³-hybridized carbons (Fsp3) is 0.182. The van der Waals surface area contributed by atoms with E-state index < -0.39 is 0 Å². The quantitative estimate of drug-likeness (QED) is 0.255. The number of rotatable bonds is 5. The standard InChI is InChI=1S/C22H20BrN3S/c1-3-15(2)27-22-20-19(16-7-5-4-6-8-16)13-26(21(20)24-14-25-22)18-11-9-17(23)10-12-18/h4-15H,3H2,1-2H3. The molecule has 2 aromatic carbocycles. The lowest BCUT2D eigenvalue weighted by atomic mass is 10.1. The zero-order valence-electron chi connectivity index (χ0n) is 15.3. The SMILES string of the molecule is CCC(C)Sc1ncnc2c1c(-c1ccccc1)cn2-c1ccc(Br)cc1. The van der Waals surface area contributed by atoms with Crippen LogP contribution in [0.5, 0.6) is 0 Å². The van der Waals surface area contributed by atoms with Crippen molar-refractivity contribution in [1.82, 2.24) is 14.5 Å². The van der Waals surface area contributed by atoms with Gasteiger partial charge in [-0.1, -0.05) is 60.1 Å². The van der Waals surface area contributed by atoms with E-state index >= 15 is 0 Å². The van der Waals surface area contributed by atoms with Gasteiger partial charge in [0, 0.05) is 27.2 Å². The lowest BCUT2D eigenvalue weighted by Gasteiger charge is -2.10. The molecule has 1 atom stereocenters. The highest BCUT2D eigenvalue weighted by Crippen LogP contribution is 2.38. The second kappa shape index (κ2) is 7.87. The van der Waals surface area contributed by atoms with Gasteiger partial charge in [-0.05, 0) is 36.2 Å². The largest absolute Gasteiger partial charge is 0.301 e. The molecule has 0 aliphatic rings. The van der Waals surface area contributed by atoms with Crippen LogP contribution < -0.4 is 0 Å². The number of thioether (sulfide) groups is 1. The van der Waals surface area contributed by atoms with Crippen LogP contribution in [0.15, 0.2) is 76.6 Å². The molecule has 0 fully saturated rings. The van der Waals surface area contributed by atoms with Crippen molar-refractivity contribution < 1.29 is 0 Å². The zero-order valence-corrected chi connectivity index (χ0v) is 17.7. The Hall–Kier alpha value is -2.11. The third kappa shape index (κ3) is 3.66. The maximum absolute atomic E-state index is 4.65. The summed E-state index contributed by atoms with van der Waals surface area (Å²) in [6.45, 7) is 4.45. The van der Waals surface area contributed by atoms with Gasteiger partial charge in [0.2, 0.25) is 0 Å². The van der Waals surface area contributed by atoms with E-state index in [0.29, 0.717) is 5.25 Å². The Kier molecular flexibility index (Phi) is 5.32. The van der Waals surface area contributed by atoms with Crippen LogP contribution in [0.1, 0.15) is 20.3 Å². The summed E-state index contributed by atoms with van der Waals surface area (Å²) < 4.78 is 3.22. The molecular weight excluding hydrogens is 418 g/mol. The van der Waals surface area contributed by atoms with E-state index in [4.69, 9.17) is 0 Å². The Labute approximate surface area is 172 Å². The van der Waals surface area contributed by atoms with Gasteiger partial charge in [-0.25, -0.2) is 9.97 Å². The van der Waals surface area contributed by atoms with Crippen molar-refractivity contribution in [3.8, 4) is 16.8 Å². The monoisotopic (exact) mass is 437 g/mol. The van der Waals surface area contributed by atoms with Crippen molar-refractivity contribution in [2.75, 3.05) is 0 Å². The van der Waals surface area contributed by atoms with Crippen LogP contribution in [-0.4, -0.2) is 19.8 Å². The predicted molar refractivity (Wildman–Crippen MR) is 118 cm³/mol. The van der Waals surface area contributed by atoms with Crippen LogP contribution in [-0.2, 0) is 0 Å². The Morgan fingerprint density at radius 3 is 2.48 bits per heavy atom. The van der Waals surface area contributed by atoms with E-state index in [1.54, 1.807) is 6.33 Å². The first-order valence-corrected chi connectivity index (χ1v) is 10.7. The minimum atomic E-state index is 0.503. The summed E-state index contributed by atoms with van der Waals surface area (Å²) >= 11 is 5.34. The summed E-state index contributed by atoms with van der Waals surface area (Å²) in [5, 5.41) is 2.67. The second-order valence-electron chi connectivity index (χ2n) is 6.47. The lowest BCUT2D eigenvalue weighted by Crippen LogP contribution is -1.97. The number of halogens is 1. The Morgan fingerprint density at radius 1 is 1.04 bits per heavy atom. The van der Waals surface area contributed by atoms with Gasteiger partial charge < -0.3 is 4.57 Å². The number of aromatic nitrogens is 3. The molecule has 4 aromatic rings. The van der Waals surface area contributed by atoms with Crippen LogP contribution in [0.2, 0.25) is 0 Å².